The van der Waals surface area contributed by atoms with Crippen LogP contribution in [0.5, 0.6) is 0 Å². The van der Waals surface area contributed by atoms with Crippen LogP contribution in [0.2, 0.25) is 0 Å². The van der Waals surface area contributed by atoms with Gasteiger partial charge in [-0.05, 0) is 20.9 Å². The fraction of sp³-hybridized carbons (Fsp3) is 0.700. The molecule has 0 aromatic heterocycles. The Morgan fingerprint density at radius 1 is 1.54 bits per heavy atom. The summed E-state index contributed by atoms with van der Waals surface area (Å²) in [6.07, 6.45) is 4.54. The van der Waals surface area contributed by atoms with Crippen LogP contribution in [-0.2, 0) is 9.53 Å². The molecule has 0 unspecified atom stereocenters. The highest BCUT2D eigenvalue weighted by Gasteiger charge is 2.02. The van der Waals surface area contributed by atoms with Gasteiger partial charge in [-0.15, -0.1) is 0 Å². The van der Waals surface area contributed by atoms with Crippen molar-refractivity contribution in [1.82, 2.24) is 4.90 Å². The number of hydrogen-bond acceptors (Lipinski definition) is 3. The van der Waals surface area contributed by atoms with Crippen molar-refractivity contribution in [3.8, 4) is 0 Å². The molecule has 0 aliphatic rings. The maximum Gasteiger partial charge on any atom is 0.307 e. The molecule has 0 aliphatic heterocycles. The lowest BCUT2D eigenvalue weighted by Crippen LogP contribution is -2.22. The highest BCUT2D eigenvalue weighted by Crippen LogP contribution is 1.91. The van der Waals surface area contributed by atoms with E-state index in [4.69, 9.17) is 4.74 Å². The molecule has 0 aromatic rings. The first-order chi connectivity index (χ1) is 6.20. The molecule has 0 saturated heterocycles. The smallest absolute Gasteiger partial charge is 0.307 e. The minimum atomic E-state index is -0.116. The summed E-state index contributed by atoms with van der Waals surface area (Å²) in [6.45, 7) is 5.91. The van der Waals surface area contributed by atoms with Crippen molar-refractivity contribution in [2.24, 2.45) is 0 Å². The SMILES string of the molecule is CC=CCN(C)CCC(=O)OCC. The van der Waals surface area contributed by atoms with E-state index >= 15 is 0 Å². The molecule has 0 amide bonds. The summed E-state index contributed by atoms with van der Waals surface area (Å²) in [7, 11) is 1.99. The second kappa shape index (κ2) is 7.80. The van der Waals surface area contributed by atoms with Crippen LogP contribution in [-0.4, -0.2) is 37.6 Å². The molecule has 3 nitrogen and oxygen atoms in total. The Balaban J connectivity index is 3.45. The van der Waals surface area contributed by atoms with Crippen LogP contribution in [0.25, 0.3) is 0 Å². The van der Waals surface area contributed by atoms with Crippen LogP contribution in [0, 0.1) is 0 Å². The molecule has 0 saturated carbocycles. The molecule has 0 radical (unpaired) electrons. The fourth-order valence-corrected chi connectivity index (χ4v) is 0.892. The van der Waals surface area contributed by atoms with Crippen LogP contribution in [0.15, 0.2) is 12.2 Å². The minimum absolute atomic E-state index is 0.116. The van der Waals surface area contributed by atoms with E-state index in [2.05, 4.69) is 11.0 Å². The Morgan fingerprint density at radius 3 is 2.77 bits per heavy atom. The second-order valence-corrected chi connectivity index (χ2v) is 2.89. The number of esters is 1. The van der Waals surface area contributed by atoms with Gasteiger partial charge in [-0.3, -0.25) is 4.79 Å². The number of hydrogen-bond donors (Lipinski definition) is 0. The molecular weight excluding hydrogens is 166 g/mol. The normalized spacial score (nSPS) is 11.1. The zero-order valence-electron chi connectivity index (χ0n) is 8.75. The van der Waals surface area contributed by atoms with Crippen molar-refractivity contribution in [2.45, 2.75) is 20.3 Å². The topological polar surface area (TPSA) is 29.5 Å². The quantitative estimate of drug-likeness (QED) is 0.463. The maximum absolute atomic E-state index is 11.0. The van der Waals surface area contributed by atoms with E-state index in [0.717, 1.165) is 13.1 Å². The first-order valence-electron chi connectivity index (χ1n) is 4.66. The van der Waals surface area contributed by atoms with Crippen LogP contribution in [0.1, 0.15) is 20.3 Å². The minimum Gasteiger partial charge on any atom is -0.466 e. The fourth-order valence-electron chi connectivity index (χ4n) is 0.892. The predicted octanol–water partition coefficient (Wildman–Crippen LogP) is 1.45. The second-order valence-electron chi connectivity index (χ2n) is 2.89. The monoisotopic (exact) mass is 185 g/mol. The summed E-state index contributed by atoms with van der Waals surface area (Å²) in [5, 5.41) is 0. The average molecular weight is 185 g/mol. The molecule has 0 bridgehead atoms. The maximum atomic E-state index is 11.0. The molecule has 0 spiro atoms. The molecule has 76 valence electrons. The van der Waals surface area contributed by atoms with Gasteiger partial charge in [-0.2, -0.15) is 0 Å². The van der Waals surface area contributed by atoms with Crippen LogP contribution in [0.4, 0.5) is 0 Å². The van der Waals surface area contributed by atoms with E-state index in [0.29, 0.717) is 13.0 Å². The molecule has 0 aliphatic carbocycles. The number of allylic oxidation sites excluding steroid dienone is 1. The Labute approximate surface area is 80.4 Å². The summed E-state index contributed by atoms with van der Waals surface area (Å²) in [5.41, 5.74) is 0. The lowest BCUT2D eigenvalue weighted by Gasteiger charge is -2.12. The molecule has 3 heteroatoms. The van der Waals surface area contributed by atoms with E-state index in [1.807, 2.05) is 27.0 Å². The van der Waals surface area contributed by atoms with Gasteiger partial charge in [-0.25, -0.2) is 0 Å². The highest BCUT2D eigenvalue weighted by molar-refractivity contribution is 5.69. The summed E-state index contributed by atoms with van der Waals surface area (Å²) in [5.74, 6) is -0.116. The largest absolute Gasteiger partial charge is 0.466 e. The molecule has 0 N–H and O–H groups in total. The Bertz CT molecular complexity index is 166. The van der Waals surface area contributed by atoms with Gasteiger partial charge in [0.25, 0.3) is 0 Å². The average Bonchev–Trinajstić information content (AvgIpc) is 2.12. The standard InChI is InChI=1S/C10H19NO2/c1-4-6-8-11(3)9-7-10(12)13-5-2/h4,6H,5,7-9H2,1-3H3. The Kier molecular flexibility index (Phi) is 7.30. The van der Waals surface area contributed by atoms with Gasteiger partial charge >= 0.3 is 5.97 Å². The van der Waals surface area contributed by atoms with Crippen molar-refractivity contribution < 1.29 is 9.53 Å². The zero-order chi connectivity index (χ0) is 10.1. The van der Waals surface area contributed by atoms with Crippen molar-refractivity contribution in [3.63, 3.8) is 0 Å². The summed E-state index contributed by atoms with van der Waals surface area (Å²) in [4.78, 5) is 13.0. The van der Waals surface area contributed by atoms with Gasteiger partial charge in [0.05, 0.1) is 13.0 Å². The first-order valence-corrected chi connectivity index (χ1v) is 4.66. The zero-order valence-corrected chi connectivity index (χ0v) is 8.75. The van der Waals surface area contributed by atoms with Gasteiger partial charge in [0.1, 0.15) is 0 Å². The van der Waals surface area contributed by atoms with E-state index in [1.54, 1.807) is 0 Å². The number of rotatable bonds is 6. The van der Waals surface area contributed by atoms with Crippen molar-refractivity contribution in [2.75, 3.05) is 26.7 Å². The first kappa shape index (κ1) is 12.2. The van der Waals surface area contributed by atoms with Gasteiger partial charge in [0.2, 0.25) is 0 Å². The number of nitrogens with zero attached hydrogens (tertiary/aromatic N) is 1. The van der Waals surface area contributed by atoms with Crippen molar-refractivity contribution >= 4 is 5.97 Å². The molecule has 0 aromatic carbocycles. The van der Waals surface area contributed by atoms with E-state index in [1.165, 1.54) is 0 Å². The number of carbonyl (C=O) groups is 1. The molecular formula is C10H19NO2. The lowest BCUT2D eigenvalue weighted by atomic mass is 10.4. The summed E-state index contributed by atoms with van der Waals surface area (Å²) in [6, 6.07) is 0. The van der Waals surface area contributed by atoms with Gasteiger partial charge in [-0.1, -0.05) is 12.2 Å². The Morgan fingerprint density at radius 2 is 2.23 bits per heavy atom. The van der Waals surface area contributed by atoms with Gasteiger partial charge in [0.15, 0.2) is 0 Å². The third-order valence-electron chi connectivity index (χ3n) is 1.66. The van der Waals surface area contributed by atoms with Crippen LogP contribution in [0.3, 0.4) is 0 Å². The Hall–Kier alpha value is -0.830. The third-order valence-corrected chi connectivity index (χ3v) is 1.66. The number of carbonyl (C=O) groups excluding carboxylic acids is 1. The van der Waals surface area contributed by atoms with Crippen molar-refractivity contribution in [3.05, 3.63) is 12.2 Å². The summed E-state index contributed by atoms with van der Waals surface area (Å²) >= 11 is 0. The lowest BCUT2D eigenvalue weighted by molar-refractivity contribution is -0.143. The van der Waals surface area contributed by atoms with E-state index < -0.39 is 0 Å². The van der Waals surface area contributed by atoms with Crippen LogP contribution >= 0.6 is 0 Å². The van der Waals surface area contributed by atoms with E-state index in [9.17, 15) is 4.79 Å². The van der Waals surface area contributed by atoms with Crippen LogP contribution < -0.4 is 0 Å². The predicted molar refractivity (Wildman–Crippen MR) is 53.6 cm³/mol. The number of ether oxygens (including phenoxy) is 1. The van der Waals surface area contributed by atoms with Gasteiger partial charge < -0.3 is 9.64 Å². The van der Waals surface area contributed by atoms with Crippen molar-refractivity contribution in [1.29, 1.82) is 0 Å². The van der Waals surface area contributed by atoms with Gasteiger partial charge in [0, 0.05) is 13.1 Å². The molecule has 0 atom stereocenters. The highest BCUT2D eigenvalue weighted by atomic mass is 16.5. The summed E-state index contributed by atoms with van der Waals surface area (Å²) < 4.78 is 4.81. The molecule has 0 heterocycles. The third kappa shape index (κ3) is 7.53. The molecule has 13 heavy (non-hydrogen) atoms. The molecule has 0 rings (SSSR count). The number of likely N-dealkylation sites (N-methyl/N-ethyl adjacent to an activating group) is 1. The molecule has 0 fully saturated rings. The van der Waals surface area contributed by atoms with E-state index in [-0.39, 0.29) is 5.97 Å².